The van der Waals surface area contributed by atoms with Crippen molar-refractivity contribution in [3.63, 3.8) is 0 Å². The summed E-state index contributed by atoms with van der Waals surface area (Å²) in [6.45, 7) is 3.47. The summed E-state index contributed by atoms with van der Waals surface area (Å²) in [7, 11) is 0. The van der Waals surface area contributed by atoms with Crippen molar-refractivity contribution in [2.75, 3.05) is 5.32 Å². The van der Waals surface area contributed by atoms with Crippen molar-refractivity contribution in [1.82, 2.24) is 0 Å². The quantitative estimate of drug-likeness (QED) is 0.308. The molecule has 0 radical (unpaired) electrons. The molecule has 162 valence electrons. The number of nitrogens with zero attached hydrogens (tertiary/aromatic N) is 1. The standard InChI is InChI=1S/C24H20N2O6/c1-14-3-6-19(20(11-14)26(29)30)22-9-10-23(32-22)24(28)25-16-4-7-18(15(2)12-16)21-8-5-17(13-27)31-21/h3-12,27H,13H2,1-2H3,(H,25,28). The van der Waals surface area contributed by atoms with Gasteiger partial charge in [-0.25, -0.2) is 0 Å². The highest BCUT2D eigenvalue weighted by Crippen LogP contribution is 2.32. The molecule has 2 N–H and O–H groups in total. The number of carbonyl (C=O) groups is 1. The molecule has 4 rings (SSSR count). The van der Waals surface area contributed by atoms with Crippen LogP contribution in [0.15, 0.2) is 69.5 Å². The summed E-state index contributed by atoms with van der Waals surface area (Å²) in [5.41, 5.74) is 3.25. The van der Waals surface area contributed by atoms with Crippen molar-refractivity contribution >= 4 is 17.3 Å². The number of nitrogens with one attached hydrogen (secondary N) is 1. The fourth-order valence-electron chi connectivity index (χ4n) is 3.42. The van der Waals surface area contributed by atoms with Gasteiger partial charge in [0.2, 0.25) is 0 Å². The van der Waals surface area contributed by atoms with Gasteiger partial charge in [0.15, 0.2) is 5.76 Å². The maximum Gasteiger partial charge on any atom is 0.291 e. The van der Waals surface area contributed by atoms with Crippen LogP contribution >= 0.6 is 0 Å². The van der Waals surface area contributed by atoms with Crippen LogP contribution in [0.5, 0.6) is 0 Å². The van der Waals surface area contributed by atoms with Gasteiger partial charge in [-0.05, 0) is 73.5 Å². The number of aliphatic hydroxyl groups excluding tert-OH is 1. The minimum atomic E-state index is -0.475. The zero-order valence-electron chi connectivity index (χ0n) is 17.4. The highest BCUT2D eigenvalue weighted by atomic mass is 16.6. The molecule has 0 aliphatic heterocycles. The Labute approximate surface area is 183 Å². The Morgan fingerprint density at radius 3 is 2.38 bits per heavy atom. The minimum Gasteiger partial charge on any atom is -0.459 e. The van der Waals surface area contributed by atoms with E-state index in [0.29, 0.717) is 22.8 Å². The second-order valence-electron chi connectivity index (χ2n) is 7.35. The second kappa shape index (κ2) is 8.52. The first-order valence-corrected chi connectivity index (χ1v) is 9.83. The Balaban J connectivity index is 1.54. The van der Waals surface area contributed by atoms with Gasteiger partial charge in [0.1, 0.15) is 23.9 Å². The van der Waals surface area contributed by atoms with Gasteiger partial charge in [0, 0.05) is 17.3 Å². The summed E-state index contributed by atoms with van der Waals surface area (Å²) >= 11 is 0. The molecule has 0 fully saturated rings. The monoisotopic (exact) mass is 432 g/mol. The maximum absolute atomic E-state index is 12.7. The van der Waals surface area contributed by atoms with Gasteiger partial charge >= 0.3 is 0 Å². The maximum atomic E-state index is 12.7. The van der Waals surface area contributed by atoms with Crippen LogP contribution < -0.4 is 5.32 Å². The predicted molar refractivity (Wildman–Crippen MR) is 118 cm³/mol. The topological polar surface area (TPSA) is 119 Å². The van der Waals surface area contributed by atoms with E-state index in [0.717, 1.165) is 16.7 Å². The molecule has 0 atom stereocenters. The lowest BCUT2D eigenvalue weighted by atomic mass is 10.1. The van der Waals surface area contributed by atoms with E-state index < -0.39 is 10.8 Å². The van der Waals surface area contributed by atoms with E-state index in [1.165, 1.54) is 18.2 Å². The number of hydrogen-bond donors (Lipinski definition) is 2. The summed E-state index contributed by atoms with van der Waals surface area (Å²) in [5, 5.41) is 23.3. The third-order valence-corrected chi connectivity index (χ3v) is 5.01. The van der Waals surface area contributed by atoms with Gasteiger partial charge in [0.25, 0.3) is 11.6 Å². The second-order valence-corrected chi connectivity index (χ2v) is 7.35. The van der Waals surface area contributed by atoms with E-state index in [4.69, 9.17) is 13.9 Å². The fraction of sp³-hybridized carbons (Fsp3) is 0.125. The molecule has 0 unspecified atom stereocenters. The summed E-state index contributed by atoms with van der Waals surface area (Å²) in [6.07, 6.45) is 0. The molecule has 0 saturated heterocycles. The van der Waals surface area contributed by atoms with Crippen molar-refractivity contribution in [1.29, 1.82) is 0 Å². The van der Waals surface area contributed by atoms with Gasteiger partial charge in [-0.3, -0.25) is 14.9 Å². The number of anilines is 1. The van der Waals surface area contributed by atoms with Gasteiger partial charge < -0.3 is 19.3 Å². The molecule has 2 aromatic carbocycles. The van der Waals surface area contributed by atoms with Crippen LogP contribution in [0.4, 0.5) is 11.4 Å². The van der Waals surface area contributed by atoms with Gasteiger partial charge in [0.05, 0.1) is 10.5 Å². The van der Waals surface area contributed by atoms with E-state index in [9.17, 15) is 14.9 Å². The van der Waals surface area contributed by atoms with Crippen molar-refractivity contribution in [2.24, 2.45) is 0 Å². The summed E-state index contributed by atoms with van der Waals surface area (Å²) in [6, 6.07) is 16.7. The summed E-state index contributed by atoms with van der Waals surface area (Å²) < 4.78 is 11.2. The smallest absolute Gasteiger partial charge is 0.291 e. The first-order chi connectivity index (χ1) is 15.4. The molecule has 1 amide bonds. The van der Waals surface area contributed by atoms with Crippen LogP contribution in [0, 0.1) is 24.0 Å². The van der Waals surface area contributed by atoms with E-state index in [1.807, 2.05) is 13.0 Å². The Hall–Kier alpha value is -4.17. The predicted octanol–water partition coefficient (Wildman–Crippen LogP) is 5.48. The van der Waals surface area contributed by atoms with Crippen LogP contribution in [-0.4, -0.2) is 15.9 Å². The van der Waals surface area contributed by atoms with Gasteiger partial charge in [-0.1, -0.05) is 6.07 Å². The summed E-state index contributed by atoms with van der Waals surface area (Å²) in [5.74, 6) is 0.902. The van der Waals surface area contributed by atoms with E-state index >= 15 is 0 Å². The first kappa shape index (κ1) is 21.1. The van der Waals surface area contributed by atoms with E-state index in [-0.39, 0.29) is 23.8 Å². The lowest BCUT2D eigenvalue weighted by Gasteiger charge is -2.08. The molecule has 2 aromatic heterocycles. The molecule has 2 heterocycles. The lowest BCUT2D eigenvalue weighted by molar-refractivity contribution is -0.384. The number of amides is 1. The van der Waals surface area contributed by atoms with Gasteiger partial charge in [-0.15, -0.1) is 0 Å². The van der Waals surface area contributed by atoms with Crippen molar-refractivity contribution < 1.29 is 23.7 Å². The van der Waals surface area contributed by atoms with Crippen molar-refractivity contribution in [3.8, 4) is 22.6 Å². The first-order valence-electron chi connectivity index (χ1n) is 9.83. The van der Waals surface area contributed by atoms with Crippen LogP contribution in [-0.2, 0) is 6.61 Å². The van der Waals surface area contributed by atoms with Crippen molar-refractivity contribution in [3.05, 3.63) is 93.4 Å². The molecular formula is C24H20N2O6. The molecule has 0 aliphatic rings. The highest BCUT2D eigenvalue weighted by molar-refractivity contribution is 6.02. The molecule has 0 spiro atoms. The SMILES string of the molecule is Cc1ccc(-c2ccc(C(=O)Nc3ccc(-c4ccc(CO)o4)c(C)c3)o2)c([N+](=O)[O-])c1. The average Bonchev–Trinajstić information content (AvgIpc) is 3.43. The molecular weight excluding hydrogens is 412 g/mol. The molecule has 0 saturated carbocycles. The zero-order chi connectivity index (χ0) is 22.8. The molecule has 8 nitrogen and oxygen atoms in total. The molecule has 0 aliphatic carbocycles. The molecule has 8 heteroatoms. The van der Waals surface area contributed by atoms with Crippen LogP contribution in [0.2, 0.25) is 0 Å². The minimum absolute atomic E-state index is 0.0372. The third-order valence-electron chi connectivity index (χ3n) is 5.01. The third kappa shape index (κ3) is 4.17. The Morgan fingerprint density at radius 1 is 0.969 bits per heavy atom. The number of furan rings is 2. The Kier molecular flexibility index (Phi) is 5.61. The Morgan fingerprint density at radius 2 is 1.69 bits per heavy atom. The fourth-order valence-corrected chi connectivity index (χ4v) is 3.42. The van der Waals surface area contributed by atoms with E-state index in [2.05, 4.69) is 5.32 Å². The summed E-state index contributed by atoms with van der Waals surface area (Å²) in [4.78, 5) is 23.6. The van der Waals surface area contributed by atoms with Crippen LogP contribution in [0.1, 0.15) is 27.4 Å². The number of aliphatic hydroxyl groups is 1. The highest BCUT2D eigenvalue weighted by Gasteiger charge is 2.20. The number of aryl methyl sites for hydroxylation is 2. The zero-order valence-corrected chi connectivity index (χ0v) is 17.4. The van der Waals surface area contributed by atoms with Crippen LogP contribution in [0.25, 0.3) is 22.6 Å². The number of nitro groups is 1. The number of benzene rings is 2. The van der Waals surface area contributed by atoms with E-state index in [1.54, 1.807) is 43.3 Å². The normalized spacial score (nSPS) is 10.8. The van der Waals surface area contributed by atoms with Gasteiger partial charge in [-0.2, -0.15) is 0 Å². The number of hydrogen-bond acceptors (Lipinski definition) is 6. The van der Waals surface area contributed by atoms with Crippen LogP contribution in [0.3, 0.4) is 0 Å². The number of nitro benzene ring substituents is 1. The number of carbonyl (C=O) groups excluding carboxylic acids is 1. The largest absolute Gasteiger partial charge is 0.459 e. The molecule has 32 heavy (non-hydrogen) atoms. The lowest BCUT2D eigenvalue weighted by Crippen LogP contribution is -2.11. The molecule has 4 aromatic rings. The van der Waals surface area contributed by atoms with Crippen molar-refractivity contribution in [2.45, 2.75) is 20.5 Å². The Bertz CT molecular complexity index is 1320. The number of rotatable bonds is 6. The molecule has 0 bridgehead atoms. The average molecular weight is 432 g/mol.